The third kappa shape index (κ3) is 15.7. The van der Waals surface area contributed by atoms with Gasteiger partial charge in [0, 0.05) is 24.1 Å². The summed E-state index contributed by atoms with van der Waals surface area (Å²) in [5.74, 6) is 2.32. The van der Waals surface area contributed by atoms with Crippen LogP contribution in [0.1, 0.15) is 86.3 Å². The maximum atomic E-state index is 10.8. The molecule has 0 fully saturated rings. The summed E-state index contributed by atoms with van der Waals surface area (Å²) in [7, 11) is 3.70. The van der Waals surface area contributed by atoms with Gasteiger partial charge in [-0.1, -0.05) is 94.1 Å². The molecule has 1 aromatic heterocycles. The first kappa shape index (κ1) is 36.8. The fraction of sp³-hybridized carbons (Fsp3) is 0.457. The Labute approximate surface area is 258 Å². The van der Waals surface area contributed by atoms with Gasteiger partial charge >= 0.3 is 0 Å². The summed E-state index contributed by atoms with van der Waals surface area (Å²) in [4.78, 5) is 24.9. The number of carbonyl (C=O) groups is 2. The number of methoxy groups -OCH3 is 1. The lowest BCUT2D eigenvalue weighted by molar-refractivity contribution is -0.107. The highest BCUT2D eigenvalue weighted by Crippen LogP contribution is 2.22. The lowest BCUT2D eigenvalue weighted by atomic mass is 9.97. The van der Waals surface area contributed by atoms with Crippen LogP contribution in [0.2, 0.25) is 5.15 Å². The number of anilines is 1. The summed E-state index contributed by atoms with van der Waals surface area (Å²) in [5, 5.41) is 6.70. The second-order valence-corrected chi connectivity index (χ2v) is 10.5. The van der Waals surface area contributed by atoms with Crippen LogP contribution in [0, 0.1) is 5.92 Å². The van der Waals surface area contributed by atoms with Crippen molar-refractivity contribution < 1.29 is 14.3 Å². The number of ether oxygens (including phenoxy) is 1. The molecule has 2 N–H and O–H groups in total. The molecular formula is C35H50ClN3O3. The fourth-order valence-corrected chi connectivity index (χ4v) is 4.64. The highest BCUT2D eigenvalue weighted by atomic mass is 35.5. The van der Waals surface area contributed by atoms with Crippen molar-refractivity contribution in [3.8, 4) is 5.75 Å². The second kappa shape index (κ2) is 23.4. The first-order valence-electron chi connectivity index (χ1n) is 15.1. The van der Waals surface area contributed by atoms with Gasteiger partial charge in [-0.05, 0) is 74.5 Å². The smallest absolute Gasteiger partial charge is 0.150 e. The van der Waals surface area contributed by atoms with E-state index in [1.165, 1.54) is 55.8 Å². The lowest BCUT2D eigenvalue weighted by Gasteiger charge is -2.14. The highest BCUT2D eigenvalue weighted by molar-refractivity contribution is 6.29. The van der Waals surface area contributed by atoms with E-state index in [4.69, 9.17) is 16.3 Å². The molecule has 3 rings (SSSR count). The Kier molecular flexibility index (Phi) is 20.5. The zero-order valence-electron chi connectivity index (χ0n) is 26.1. The van der Waals surface area contributed by atoms with Crippen LogP contribution in [0.15, 0.2) is 60.7 Å². The molecule has 0 aliphatic rings. The largest absolute Gasteiger partial charge is 0.496 e. The molecule has 42 heavy (non-hydrogen) atoms. The number of aryl methyl sites for hydroxylation is 2. The van der Waals surface area contributed by atoms with Gasteiger partial charge in [-0.25, -0.2) is 4.98 Å². The quantitative estimate of drug-likeness (QED) is 0.128. The number of hydrogen-bond donors (Lipinski definition) is 2. The normalized spacial score (nSPS) is 10.8. The Bertz CT molecular complexity index is 1140. The van der Waals surface area contributed by atoms with Gasteiger partial charge in [0.1, 0.15) is 29.3 Å². The van der Waals surface area contributed by atoms with E-state index >= 15 is 0 Å². The summed E-state index contributed by atoms with van der Waals surface area (Å²) in [6.07, 6.45) is 11.0. The Morgan fingerprint density at radius 2 is 1.71 bits per heavy atom. The molecule has 1 heterocycles. The summed E-state index contributed by atoms with van der Waals surface area (Å²) < 4.78 is 5.40. The van der Waals surface area contributed by atoms with E-state index in [2.05, 4.69) is 49.5 Å². The number of halogens is 1. The summed E-state index contributed by atoms with van der Waals surface area (Å²) in [5.41, 5.74) is 3.96. The molecular weight excluding hydrogens is 546 g/mol. The molecule has 0 saturated carbocycles. The molecule has 0 aliphatic heterocycles. The van der Waals surface area contributed by atoms with Crippen molar-refractivity contribution in [1.29, 1.82) is 0 Å². The zero-order valence-corrected chi connectivity index (χ0v) is 26.9. The number of hydrogen-bond acceptors (Lipinski definition) is 6. The number of pyridine rings is 1. The van der Waals surface area contributed by atoms with Crippen LogP contribution in [0.25, 0.3) is 0 Å². The van der Waals surface area contributed by atoms with Crippen molar-refractivity contribution in [1.82, 2.24) is 10.3 Å². The van der Waals surface area contributed by atoms with Crippen LogP contribution in [-0.2, 0) is 24.2 Å². The SMILES string of the molecule is CCCCC(CCC)CNC.CCc1ccc(CNc2cc(C=O)cc(Cl)n2)c(OC)c1.O=CCCc1ccccc1. The minimum absolute atomic E-state index is 0.287. The lowest BCUT2D eigenvalue weighted by Crippen LogP contribution is -2.18. The van der Waals surface area contributed by atoms with E-state index in [9.17, 15) is 9.59 Å². The molecule has 1 atom stereocenters. The van der Waals surface area contributed by atoms with E-state index in [1.54, 1.807) is 13.2 Å². The van der Waals surface area contributed by atoms with Crippen molar-refractivity contribution in [3.63, 3.8) is 0 Å². The topological polar surface area (TPSA) is 80.3 Å². The predicted octanol–water partition coefficient (Wildman–Crippen LogP) is 8.36. The van der Waals surface area contributed by atoms with Crippen molar-refractivity contribution in [2.75, 3.05) is 26.0 Å². The van der Waals surface area contributed by atoms with Gasteiger partial charge in [0.15, 0.2) is 0 Å². The van der Waals surface area contributed by atoms with Crippen molar-refractivity contribution >= 4 is 30.0 Å². The van der Waals surface area contributed by atoms with Crippen LogP contribution < -0.4 is 15.4 Å². The maximum Gasteiger partial charge on any atom is 0.150 e. The second-order valence-electron chi connectivity index (χ2n) is 10.1. The average Bonchev–Trinajstić information content (AvgIpc) is 3.02. The number of nitrogens with one attached hydrogen (secondary N) is 2. The number of rotatable bonds is 16. The minimum Gasteiger partial charge on any atom is -0.496 e. The Morgan fingerprint density at radius 1 is 0.952 bits per heavy atom. The van der Waals surface area contributed by atoms with Crippen molar-refractivity contribution in [2.24, 2.45) is 5.92 Å². The van der Waals surface area contributed by atoms with Gasteiger partial charge in [-0.3, -0.25) is 4.79 Å². The summed E-state index contributed by atoms with van der Waals surface area (Å²) in [6, 6.07) is 19.3. The van der Waals surface area contributed by atoms with Crippen LogP contribution in [0.3, 0.4) is 0 Å². The Balaban J connectivity index is 0.000000353. The predicted molar refractivity (Wildman–Crippen MR) is 177 cm³/mol. The molecule has 0 amide bonds. The monoisotopic (exact) mass is 595 g/mol. The van der Waals surface area contributed by atoms with Crippen LogP contribution >= 0.6 is 11.6 Å². The van der Waals surface area contributed by atoms with E-state index in [-0.39, 0.29) is 5.15 Å². The molecule has 1 unspecified atom stereocenters. The molecule has 0 saturated heterocycles. The summed E-state index contributed by atoms with van der Waals surface area (Å²) in [6.45, 7) is 8.38. The molecule has 0 radical (unpaired) electrons. The van der Waals surface area contributed by atoms with Gasteiger partial charge in [0.05, 0.1) is 7.11 Å². The standard InChI is InChI=1S/C16H17ClN2O2.C10H23N.C9H10O/c1-3-11-4-5-13(14(6-11)21-2)9-18-16-8-12(10-20)7-15(17)19-16;1-4-6-8-10(7-5-2)9-11-3;10-8-4-7-9-5-2-1-3-6-9/h4-8,10H,3,9H2,1-2H3,(H,18,19);10-11H,4-9H2,1-3H3;1-3,5-6,8H,4,7H2. The van der Waals surface area contributed by atoms with E-state index in [0.29, 0.717) is 24.3 Å². The summed E-state index contributed by atoms with van der Waals surface area (Å²) >= 11 is 5.87. The van der Waals surface area contributed by atoms with Crippen LogP contribution in [-0.4, -0.2) is 38.3 Å². The first-order chi connectivity index (χ1) is 20.4. The zero-order chi connectivity index (χ0) is 31.0. The van der Waals surface area contributed by atoms with Crippen molar-refractivity contribution in [3.05, 3.63) is 88.1 Å². The van der Waals surface area contributed by atoms with Crippen molar-refractivity contribution in [2.45, 2.75) is 78.7 Å². The van der Waals surface area contributed by atoms with Gasteiger partial charge in [-0.2, -0.15) is 0 Å². The molecule has 0 aliphatic carbocycles. The molecule has 0 spiro atoms. The molecule has 3 aromatic rings. The Morgan fingerprint density at radius 3 is 2.31 bits per heavy atom. The number of nitrogens with zero attached hydrogens (tertiary/aromatic N) is 1. The van der Waals surface area contributed by atoms with Crippen LogP contribution in [0.5, 0.6) is 5.75 Å². The molecule has 230 valence electrons. The minimum atomic E-state index is 0.287. The van der Waals surface area contributed by atoms with Gasteiger partial charge < -0.3 is 20.2 Å². The number of unbranched alkanes of at least 4 members (excludes halogenated alkanes) is 1. The fourth-order valence-electron chi connectivity index (χ4n) is 4.42. The third-order valence-corrected chi connectivity index (χ3v) is 6.92. The van der Waals surface area contributed by atoms with Gasteiger partial charge in [0.25, 0.3) is 0 Å². The van der Waals surface area contributed by atoms with E-state index < -0.39 is 0 Å². The van der Waals surface area contributed by atoms with E-state index in [0.717, 1.165) is 42.6 Å². The average molecular weight is 596 g/mol. The third-order valence-electron chi connectivity index (χ3n) is 6.72. The molecule has 6 nitrogen and oxygen atoms in total. The first-order valence-corrected chi connectivity index (χ1v) is 15.5. The van der Waals surface area contributed by atoms with Gasteiger partial charge in [-0.15, -0.1) is 0 Å². The highest BCUT2D eigenvalue weighted by Gasteiger charge is 2.06. The maximum absolute atomic E-state index is 10.8. The van der Waals surface area contributed by atoms with Gasteiger partial charge in [0.2, 0.25) is 0 Å². The number of aldehydes is 2. The molecule has 0 bridgehead atoms. The number of carbonyl (C=O) groups excluding carboxylic acids is 2. The Hall–Kier alpha value is -3.22. The molecule has 2 aromatic carbocycles. The van der Waals surface area contributed by atoms with E-state index in [1.807, 2.05) is 42.5 Å². The van der Waals surface area contributed by atoms with Crippen LogP contribution in [0.4, 0.5) is 5.82 Å². The number of aromatic nitrogens is 1. The molecule has 7 heteroatoms. The number of benzene rings is 2.